The molecule has 2 fully saturated rings. The van der Waals surface area contributed by atoms with Crippen LogP contribution in [0.1, 0.15) is 42.5 Å². The second-order valence-corrected chi connectivity index (χ2v) is 7.45. The van der Waals surface area contributed by atoms with Gasteiger partial charge in [-0.05, 0) is 62.3 Å². The molecule has 0 aliphatic carbocycles. The van der Waals surface area contributed by atoms with E-state index in [4.69, 9.17) is 9.47 Å². The van der Waals surface area contributed by atoms with E-state index in [0.717, 1.165) is 63.2 Å². The summed E-state index contributed by atoms with van der Waals surface area (Å²) in [7, 11) is 1.55. The van der Waals surface area contributed by atoms with Gasteiger partial charge in [-0.1, -0.05) is 0 Å². The molecule has 0 aromatic heterocycles. The van der Waals surface area contributed by atoms with Gasteiger partial charge in [0.25, 0.3) is 5.91 Å². The van der Waals surface area contributed by atoms with E-state index in [1.54, 1.807) is 7.11 Å². The third-order valence-corrected chi connectivity index (χ3v) is 5.47. The predicted octanol–water partition coefficient (Wildman–Crippen LogP) is 2.58. The number of ether oxygens (including phenoxy) is 2. The Balaban J connectivity index is 1.43. The number of carbonyl (C=O) groups is 2. The smallest absolute Gasteiger partial charge is 0.253 e. The standard InChI is InChI=1S/C21H30N2O4/c1-26-16-20(24)22-13-9-17(10-14-22)15-27-19-7-5-18(6-8-19)21(25)23-11-3-2-4-12-23/h5-8,17H,2-4,9-16H2,1H3. The first kappa shape index (κ1) is 19.7. The van der Waals surface area contributed by atoms with Crippen LogP contribution in [0.2, 0.25) is 0 Å². The molecule has 2 aliphatic heterocycles. The van der Waals surface area contributed by atoms with E-state index in [9.17, 15) is 9.59 Å². The average molecular weight is 374 g/mol. The fraction of sp³-hybridized carbons (Fsp3) is 0.619. The molecule has 27 heavy (non-hydrogen) atoms. The van der Waals surface area contributed by atoms with Crippen LogP contribution in [0.5, 0.6) is 5.75 Å². The number of rotatable bonds is 6. The Morgan fingerprint density at radius 2 is 1.63 bits per heavy atom. The third-order valence-electron chi connectivity index (χ3n) is 5.47. The van der Waals surface area contributed by atoms with Gasteiger partial charge in [0, 0.05) is 38.9 Å². The second-order valence-electron chi connectivity index (χ2n) is 7.45. The van der Waals surface area contributed by atoms with Gasteiger partial charge < -0.3 is 19.3 Å². The Kier molecular flexibility index (Phi) is 7.10. The van der Waals surface area contributed by atoms with Gasteiger partial charge >= 0.3 is 0 Å². The Hall–Kier alpha value is -2.08. The van der Waals surface area contributed by atoms with Crippen LogP contribution in [0.25, 0.3) is 0 Å². The molecule has 0 unspecified atom stereocenters. The van der Waals surface area contributed by atoms with Gasteiger partial charge in [-0.25, -0.2) is 0 Å². The SMILES string of the molecule is COCC(=O)N1CCC(COc2ccc(C(=O)N3CCCCC3)cc2)CC1. The zero-order chi connectivity index (χ0) is 19.1. The van der Waals surface area contributed by atoms with Crippen molar-refractivity contribution in [3.63, 3.8) is 0 Å². The first-order chi connectivity index (χ1) is 13.2. The first-order valence-electron chi connectivity index (χ1n) is 9.96. The molecule has 0 bridgehead atoms. The molecule has 0 saturated carbocycles. The number of nitrogens with zero attached hydrogens (tertiary/aromatic N) is 2. The van der Waals surface area contributed by atoms with E-state index in [1.807, 2.05) is 34.1 Å². The zero-order valence-corrected chi connectivity index (χ0v) is 16.2. The molecule has 0 radical (unpaired) electrons. The minimum Gasteiger partial charge on any atom is -0.493 e. The van der Waals surface area contributed by atoms with Crippen molar-refractivity contribution in [2.75, 3.05) is 46.5 Å². The molecule has 6 nitrogen and oxygen atoms in total. The molecule has 0 atom stereocenters. The molecular weight excluding hydrogens is 344 g/mol. The summed E-state index contributed by atoms with van der Waals surface area (Å²) in [6.45, 7) is 4.06. The van der Waals surface area contributed by atoms with Crippen molar-refractivity contribution in [1.29, 1.82) is 0 Å². The van der Waals surface area contributed by atoms with E-state index >= 15 is 0 Å². The molecular formula is C21H30N2O4. The Morgan fingerprint density at radius 3 is 2.26 bits per heavy atom. The molecule has 2 aliphatic rings. The number of piperidine rings is 2. The van der Waals surface area contributed by atoms with Crippen molar-refractivity contribution in [3.05, 3.63) is 29.8 Å². The normalized spacial score (nSPS) is 18.4. The molecule has 3 rings (SSSR count). The fourth-order valence-electron chi connectivity index (χ4n) is 3.75. The van der Waals surface area contributed by atoms with Gasteiger partial charge in [0.2, 0.25) is 5.91 Å². The number of amides is 2. The highest BCUT2D eigenvalue weighted by molar-refractivity contribution is 5.94. The topological polar surface area (TPSA) is 59.1 Å². The molecule has 2 saturated heterocycles. The maximum Gasteiger partial charge on any atom is 0.253 e. The number of hydrogen-bond acceptors (Lipinski definition) is 4. The van der Waals surface area contributed by atoms with E-state index in [-0.39, 0.29) is 18.4 Å². The van der Waals surface area contributed by atoms with Gasteiger partial charge in [0.05, 0.1) is 6.61 Å². The van der Waals surface area contributed by atoms with Gasteiger partial charge in [-0.15, -0.1) is 0 Å². The van der Waals surface area contributed by atoms with Crippen LogP contribution in [0, 0.1) is 5.92 Å². The Labute approximate surface area is 161 Å². The predicted molar refractivity (Wildman–Crippen MR) is 103 cm³/mol. The first-order valence-corrected chi connectivity index (χ1v) is 9.96. The lowest BCUT2D eigenvalue weighted by molar-refractivity contribution is -0.136. The minimum atomic E-state index is 0.0610. The van der Waals surface area contributed by atoms with Crippen LogP contribution in [-0.2, 0) is 9.53 Å². The summed E-state index contributed by atoms with van der Waals surface area (Å²) >= 11 is 0. The maximum absolute atomic E-state index is 12.5. The number of carbonyl (C=O) groups excluding carboxylic acids is 2. The lowest BCUT2D eigenvalue weighted by Crippen LogP contribution is -2.41. The summed E-state index contributed by atoms with van der Waals surface area (Å²) in [5.41, 5.74) is 0.731. The molecule has 148 valence electrons. The van der Waals surface area contributed by atoms with Crippen LogP contribution in [0.4, 0.5) is 0 Å². The van der Waals surface area contributed by atoms with Gasteiger partial charge in [-0.3, -0.25) is 9.59 Å². The van der Waals surface area contributed by atoms with E-state index in [2.05, 4.69) is 0 Å². The summed E-state index contributed by atoms with van der Waals surface area (Å²) in [5.74, 6) is 1.43. The molecule has 6 heteroatoms. The molecule has 0 spiro atoms. The molecule has 2 heterocycles. The molecule has 2 amide bonds. The number of benzene rings is 1. The highest BCUT2D eigenvalue weighted by Gasteiger charge is 2.23. The van der Waals surface area contributed by atoms with Crippen LogP contribution in [0.3, 0.4) is 0 Å². The van der Waals surface area contributed by atoms with Crippen LogP contribution < -0.4 is 4.74 Å². The molecule has 1 aromatic carbocycles. The summed E-state index contributed by atoms with van der Waals surface area (Å²) < 4.78 is 10.8. The van der Waals surface area contributed by atoms with Crippen molar-refractivity contribution in [3.8, 4) is 5.75 Å². The van der Waals surface area contributed by atoms with E-state index < -0.39 is 0 Å². The number of methoxy groups -OCH3 is 1. The lowest BCUT2D eigenvalue weighted by Gasteiger charge is -2.31. The van der Waals surface area contributed by atoms with E-state index in [1.165, 1.54) is 6.42 Å². The molecule has 0 N–H and O–H groups in total. The average Bonchev–Trinajstić information content (AvgIpc) is 2.73. The van der Waals surface area contributed by atoms with E-state index in [0.29, 0.717) is 12.5 Å². The van der Waals surface area contributed by atoms with Crippen molar-refractivity contribution in [2.24, 2.45) is 5.92 Å². The van der Waals surface area contributed by atoms with Crippen molar-refractivity contribution >= 4 is 11.8 Å². The zero-order valence-electron chi connectivity index (χ0n) is 16.2. The fourth-order valence-corrected chi connectivity index (χ4v) is 3.75. The van der Waals surface area contributed by atoms with Crippen LogP contribution in [-0.4, -0.2) is 68.1 Å². The second kappa shape index (κ2) is 9.74. The molecule has 1 aromatic rings. The van der Waals surface area contributed by atoms with Gasteiger partial charge in [0.1, 0.15) is 12.4 Å². The van der Waals surface area contributed by atoms with Crippen molar-refractivity contribution < 1.29 is 19.1 Å². The highest BCUT2D eigenvalue weighted by Crippen LogP contribution is 2.21. The summed E-state index contributed by atoms with van der Waals surface area (Å²) in [6.07, 6.45) is 5.31. The largest absolute Gasteiger partial charge is 0.493 e. The van der Waals surface area contributed by atoms with Gasteiger partial charge in [0.15, 0.2) is 0 Å². The monoisotopic (exact) mass is 374 g/mol. The summed E-state index contributed by atoms with van der Waals surface area (Å²) in [6, 6.07) is 7.49. The number of hydrogen-bond donors (Lipinski definition) is 0. The Morgan fingerprint density at radius 1 is 0.963 bits per heavy atom. The highest BCUT2D eigenvalue weighted by atomic mass is 16.5. The maximum atomic E-state index is 12.5. The summed E-state index contributed by atoms with van der Waals surface area (Å²) in [4.78, 5) is 28.1. The van der Waals surface area contributed by atoms with Crippen molar-refractivity contribution in [1.82, 2.24) is 9.80 Å². The quantitative estimate of drug-likeness (QED) is 0.768. The van der Waals surface area contributed by atoms with Gasteiger partial charge in [-0.2, -0.15) is 0 Å². The minimum absolute atomic E-state index is 0.0610. The van der Waals surface area contributed by atoms with Crippen LogP contribution >= 0.6 is 0 Å². The van der Waals surface area contributed by atoms with Crippen molar-refractivity contribution in [2.45, 2.75) is 32.1 Å². The summed E-state index contributed by atoms with van der Waals surface area (Å²) in [5, 5.41) is 0. The lowest BCUT2D eigenvalue weighted by atomic mass is 9.98. The number of likely N-dealkylation sites (tertiary alicyclic amines) is 2. The Bertz CT molecular complexity index is 618. The van der Waals surface area contributed by atoms with Crippen LogP contribution in [0.15, 0.2) is 24.3 Å². The third kappa shape index (κ3) is 5.45.